The van der Waals surface area contributed by atoms with Gasteiger partial charge in [-0.2, -0.15) is 4.98 Å². The number of methoxy groups -OCH3 is 1. The number of alkyl halides is 1. The van der Waals surface area contributed by atoms with Crippen molar-refractivity contribution >= 4 is 34.1 Å². The third-order valence-corrected chi connectivity index (χ3v) is 4.27. The molecule has 3 aromatic heterocycles. The lowest BCUT2D eigenvalue weighted by Gasteiger charge is -2.08. The number of pyridine rings is 1. The Morgan fingerprint density at radius 2 is 2.14 bits per heavy atom. The molecule has 110 valence electrons. The highest BCUT2D eigenvalue weighted by Gasteiger charge is 2.17. The Labute approximate surface area is 131 Å². The number of hydrogen-bond donors (Lipinski definition) is 0. The largest absolute Gasteiger partial charge is 0.481 e. The van der Waals surface area contributed by atoms with Crippen molar-refractivity contribution in [2.24, 2.45) is 0 Å². The first-order valence-electron chi connectivity index (χ1n) is 6.54. The van der Waals surface area contributed by atoms with E-state index < -0.39 is 0 Å². The van der Waals surface area contributed by atoms with E-state index in [1.165, 1.54) is 0 Å². The van der Waals surface area contributed by atoms with E-state index in [0.717, 1.165) is 27.7 Å². The lowest BCUT2D eigenvalue weighted by atomic mass is 10.4. The SMILES string of the molecule is COc1ccc2nc(C(C)Cl)n(Cc3nc(C)cs3)c2n1. The molecule has 21 heavy (non-hydrogen) atoms. The zero-order chi connectivity index (χ0) is 15.0. The Morgan fingerprint density at radius 1 is 1.33 bits per heavy atom. The Morgan fingerprint density at radius 3 is 2.76 bits per heavy atom. The highest BCUT2D eigenvalue weighted by molar-refractivity contribution is 7.09. The van der Waals surface area contributed by atoms with Crippen molar-refractivity contribution in [2.75, 3.05) is 7.11 Å². The average Bonchev–Trinajstić information content (AvgIpc) is 3.03. The van der Waals surface area contributed by atoms with Gasteiger partial charge in [-0.3, -0.25) is 0 Å². The molecule has 0 radical (unpaired) electrons. The number of hydrogen-bond acceptors (Lipinski definition) is 5. The summed E-state index contributed by atoms with van der Waals surface area (Å²) in [5, 5.41) is 2.84. The van der Waals surface area contributed by atoms with E-state index in [0.29, 0.717) is 12.4 Å². The monoisotopic (exact) mass is 322 g/mol. The van der Waals surface area contributed by atoms with Crippen LogP contribution >= 0.6 is 22.9 Å². The highest BCUT2D eigenvalue weighted by atomic mass is 35.5. The van der Waals surface area contributed by atoms with Gasteiger partial charge in [0, 0.05) is 17.1 Å². The van der Waals surface area contributed by atoms with Gasteiger partial charge < -0.3 is 9.30 Å². The Balaban J connectivity index is 2.14. The number of imidazole rings is 1. The molecule has 1 atom stereocenters. The molecule has 0 fully saturated rings. The van der Waals surface area contributed by atoms with E-state index in [1.807, 2.05) is 29.9 Å². The normalized spacial score (nSPS) is 12.8. The fourth-order valence-electron chi connectivity index (χ4n) is 2.19. The summed E-state index contributed by atoms with van der Waals surface area (Å²) in [6.07, 6.45) is 0. The van der Waals surface area contributed by atoms with Gasteiger partial charge in [-0.1, -0.05) is 0 Å². The molecule has 0 spiro atoms. The van der Waals surface area contributed by atoms with Gasteiger partial charge in [-0.25, -0.2) is 9.97 Å². The number of rotatable bonds is 4. The van der Waals surface area contributed by atoms with E-state index in [4.69, 9.17) is 16.3 Å². The molecule has 7 heteroatoms. The van der Waals surface area contributed by atoms with Gasteiger partial charge in [0.2, 0.25) is 5.88 Å². The molecule has 0 aliphatic heterocycles. The third-order valence-electron chi connectivity index (χ3n) is 3.12. The van der Waals surface area contributed by atoms with Gasteiger partial charge in [0.15, 0.2) is 5.65 Å². The van der Waals surface area contributed by atoms with Crippen LogP contribution in [-0.4, -0.2) is 26.6 Å². The molecule has 3 heterocycles. The first kappa shape index (κ1) is 14.3. The summed E-state index contributed by atoms with van der Waals surface area (Å²) in [5.41, 5.74) is 2.60. The van der Waals surface area contributed by atoms with E-state index in [2.05, 4.69) is 15.0 Å². The maximum atomic E-state index is 6.27. The zero-order valence-electron chi connectivity index (χ0n) is 12.0. The van der Waals surface area contributed by atoms with Crippen LogP contribution in [0.4, 0.5) is 0 Å². The van der Waals surface area contributed by atoms with Crippen molar-refractivity contribution in [3.63, 3.8) is 0 Å². The van der Waals surface area contributed by atoms with Crippen LogP contribution < -0.4 is 4.74 Å². The van der Waals surface area contributed by atoms with Crippen molar-refractivity contribution < 1.29 is 4.74 Å². The van der Waals surface area contributed by atoms with Crippen LogP contribution in [0.25, 0.3) is 11.2 Å². The number of ether oxygens (including phenoxy) is 1. The van der Waals surface area contributed by atoms with Crippen LogP contribution in [0, 0.1) is 6.92 Å². The van der Waals surface area contributed by atoms with Gasteiger partial charge in [-0.15, -0.1) is 22.9 Å². The van der Waals surface area contributed by atoms with Crippen LogP contribution in [0.5, 0.6) is 5.88 Å². The number of aromatic nitrogens is 4. The van der Waals surface area contributed by atoms with E-state index in [1.54, 1.807) is 24.5 Å². The van der Waals surface area contributed by atoms with Crippen LogP contribution in [0.2, 0.25) is 0 Å². The number of aryl methyl sites for hydroxylation is 1. The molecule has 5 nitrogen and oxygen atoms in total. The number of nitrogens with zero attached hydrogens (tertiary/aromatic N) is 4. The smallest absolute Gasteiger partial charge is 0.215 e. The Hall–Kier alpha value is -1.66. The number of fused-ring (bicyclic) bond motifs is 1. The van der Waals surface area contributed by atoms with E-state index in [-0.39, 0.29) is 5.38 Å². The predicted octanol–water partition coefficient (Wildman–Crippen LogP) is 3.55. The molecule has 0 aliphatic carbocycles. The zero-order valence-corrected chi connectivity index (χ0v) is 13.6. The standard InChI is InChI=1S/C14H15ClN4OS/c1-8-7-21-12(16-8)6-19-13(9(2)15)17-10-4-5-11(20-3)18-14(10)19/h4-5,7,9H,6H2,1-3H3. The van der Waals surface area contributed by atoms with Crippen LogP contribution in [0.1, 0.15) is 28.8 Å². The molecular formula is C14H15ClN4OS. The minimum Gasteiger partial charge on any atom is -0.481 e. The average molecular weight is 323 g/mol. The predicted molar refractivity (Wildman–Crippen MR) is 84.3 cm³/mol. The van der Waals surface area contributed by atoms with Gasteiger partial charge in [0.05, 0.1) is 19.0 Å². The molecule has 0 saturated heterocycles. The van der Waals surface area contributed by atoms with Crippen LogP contribution in [-0.2, 0) is 6.54 Å². The highest BCUT2D eigenvalue weighted by Crippen LogP contribution is 2.26. The van der Waals surface area contributed by atoms with Crippen LogP contribution in [0.15, 0.2) is 17.5 Å². The summed E-state index contributed by atoms with van der Waals surface area (Å²) in [5.74, 6) is 1.35. The van der Waals surface area contributed by atoms with Crippen molar-refractivity contribution in [1.82, 2.24) is 19.5 Å². The maximum Gasteiger partial charge on any atom is 0.215 e. The summed E-state index contributed by atoms with van der Waals surface area (Å²) in [4.78, 5) is 13.6. The first-order chi connectivity index (χ1) is 10.1. The molecule has 0 bridgehead atoms. The second-order valence-electron chi connectivity index (χ2n) is 4.75. The van der Waals surface area contributed by atoms with Crippen LogP contribution in [0.3, 0.4) is 0 Å². The third kappa shape index (κ3) is 2.73. The fraction of sp³-hybridized carbons (Fsp3) is 0.357. The minimum atomic E-state index is -0.203. The molecule has 0 amide bonds. The summed E-state index contributed by atoms with van der Waals surface area (Å²) < 4.78 is 7.21. The minimum absolute atomic E-state index is 0.203. The van der Waals surface area contributed by atoms with Gasteiger partial charge in [0.1, 0.15) is 16.3 Å². The van der Waals surface area contributed by atoms with E-state index in [9.17, 15) is 0 Å². The van der Waals surface area contributed by atoms with E-state index >= 15 is 0 Å². The number of halogens is 1. The van der Waals surface area contributed by atoms with Crippen molar-refractivity contribution in [2.45, 2.75) is 25.8 Å². The second-order valence-corrected chi connectivity index (χ2v) is 6.35. The summed E-state index contributed by atoms with van der Waals surface area (Å²) in [7, 11) is 1.60. The lowest BCUT2D eigenvalue weighted by molar-refractivity contribution is 0.399. The van der Waals surface area contributed by atoms with Gasteiger partial charge in [-0.05, 0) is 19.9 Å². The molecule has 1 unspecified atom stereocenters. The quantitative estimate of drug-likeness (QED) is 0.689. The molecule has 0 N–H and O–H groups in total. The second kappa shape index (κ2) is 5.61. The molecule has 3 aromatic rings. The molecule has 0 aromatic carbocycles. The van der Waals surface area contributed by atoms with Gasteiger partial charge >= 0.3 is 0 Å². The molecular weight excluding hydrogens is 308 g/mol. The molecule has 0 aliphatic rings. The lowest BCUT2D eigenvalue weighted by Crippen LogP contribution is -2.06. The Kier molecular flexibility index (Phi) is 3.82. The maximum absolute atomic E-state index is 6.27. The van der Waals surface area contributed by atoms with Crippen molar-refractivity contribution in [1.29, 1.82) is 0 Å². The summed E-state index contributed by atoms with van der Waals surface area (Å²) in [6.45, 7) is 4.50. The Bertz CT molecular complexity index is 780. The topological polar surface area (TPSA) is 52.8 Å². The summed E-state index contributed by atoms with van der Waals surface area (Å²) in [6, 6.07) is 3.70. The van der Waals surface area contributed by atoms with Crippen molar-refractivity contribution in [3.8, 4) is 5.88 Å². The molecule has 3 rings (SSSR count). The fourth-order valence-corrected chi connectivity index (χ4v) is 3.11. The van der Waals surface area contributed by atoms with Crippen molar-refractivity contribution in [3.05, 3.63) is 34.0 Å². The number of thiazole rings is 1. The first-order valence-corrected chi connectivity index (χ1v) is 7.86. The molecule has 0 saturated carbocycles. The van der Waals surface area contributed by atoms with Gasteiger partial charge in [0.25, 0.3) is 0 Å². The summed E-state index contributed by atoms with van der Waals surface area (Å²) >= 11 is 7.89.